The van der Waals surface area contributed by atoms with Gasteiger partial charge in [0.15, 0.2) is 0 Å². The van der Waals surface area contributed by atoms with Crippen molar-refractivity contribution in [1.82, 2.24) is 20.1 Å². The van der Waals surface area contributed by atoms with E-state index in [0.717, 1.165) is 10.2 Å². The minimum atomic E-state index is -0.402. The van der Waals surface area contributed by atoms with E-state index in [-0.39, 0.29) is 12.5 Å². The number of carbonyl (C=O) groups excluding carboxylic acids is 1. The first-order chi connectivity index (χ1) is 14.6. The molecule has 0 atom stereocenters. The van der Waals surface area contributed by atoms with Gasteiger partial charge >= 0.3 is 0 Å². The number of carbonyl (C=O) groups is 1. The van der Waals surface area contributed by atoms with E-state index >= 15 is 0 Å². The molecular formula is C22H16BrFN4O2. The maximum atomic E-state index is 13.4. The third kappa shape index (κ3) is 4.72. The van der Waals surface area contributed by atoms with Crippen molar-refractivity contribution >= 4 is 21.8 Å². The SMILES string of the molecule is O=C(NCc1cccnc1Oc1cccc(F)c1)c1cnn(-c2ccc(Br)cc2)c1. The molecule has 1 N–H and O–H groups in total. The summed E-state index contributed by atoms with van der Waals surface area (Å²) in [6.07, 6.45) is 4.74. The predicted molar refractivity (Wildman–Crippen MR) is 113 cm³/mol. The molecule has 30 heavy (non-hydrogen) atoms. The van der Waals surface area contributed by atoms with Crippen LogP contribution in [0.1, 0.15) is 15.9 Å². The normalized spacial score (nSPS) is 10.6. The molecule has 150 valence electrons. The minimum absolute atomic E-state index is 0.195. The lowest BCUT2D eigenvalue weighted by Crippen LogP contribution is -2.22. The lowest BCUT2D eigenvalue weighted by molar-refractivity contribution is 0.0950. The van der Waals surface area contributed by atoms with Crippen molar-refractivity contribution in [2.45, 2.75) is 6.54 Å². The van der Waals surface area contributed by atoms with Crippen LogP contribution in [0.4, 0.5) is 4.39 Å². The fraction of sp³-hybridized carbons (Fsp3) is 0.0455. The number of hydrogen-bond acceptors (Lipinski definition) is 4. The van der Waals surface area contributed by atoms with Gasteiger partial charge in [0.05, 0.1) is 17.4 Å². The Morgan fingerprint density at radius 1 is 1.13 bits per heavy atom. The van der Waals surface area contributed by atoms with E-state index in [2.05, 4.69) is 31.3 Å². The fourth-order valence-electron chi connectivity index (χ4n) is 2.75. The van der Waals surface area contributed by atoms with E-state index in [0.29, 0.717) is 22.8 Å². The first-order valence-electron chi connectivity index (χ1n) is 9.04. The molecule has 0 aliphatic carbocycles. The number of hydrogen-bond donors (Lipinski definition) is 1. The van der Waals surface area contributed by atoms with Gasteiger partial charge in [0, 0.05) is 35.0 Å². The molecular weight excluding hydrogens is 451 g/mol. The van der Waals surface area contributed by atoms with Gasteiger partial charge in [-0.2, -0.15) is 5.10 Å². The van der Waals surface area contributed by atoms with E-state index in [1.165, 1.54) is 18.3 Å². The van der Waals surface area contributed by atoms with E-state index in [1.54, 1.807) is 41.3 Å². The molecule has 2 aromatic heterocycles. The summed E-state index contributed by atoms with van der Waals surface area (Å²) < 4.78 is 21.7. The van der Waals surface area contributed by atoms with Crippen LogP contribution < -0.4 is 10.1 Å². The highest BCUT2D eigenvalue weighted by molar-refractivity contribution is 9.10. The van der Waals surface area contributed by atoms with Gasteiger partial charge in [0.2, 0.25) is 5.88 Å². The monoisotopic (exact) mass is 466 g/mol. The Bertz CT molecular complexity index is 1180. The Kier molecular flexibility index (Phi) is 5.85. The standard InChI is InChI=1S/C22H16BrFN4O2/c23-17-6-8-19(9-7-17)28-14-16(13-27-28)21(29)26-12-15-3-2-10-25-22(15)30-20-5-1-4-18(24)11-20/h1-11,13-14H,12H2,(H,26,29). The second-order valence-electron chi connectivity index (χ2n) is 6.36. The van der Waals surface area contributed by atoms with Crippen LogP contribution >= 0.6 is 15.9 Å². The molecule has 6 nitrogen and oxygen atoms in total. The van der Waals surface area contributed by atoms with Crippen molar-refractivity contribution in [3.8, 4) is 17.3 Å². The van der Waals surface area contributed by atoms with Crippen LogP contribution in [0.15, 0.2) is 83.7 Å². The smallest absolute Gasteiger partial charge is 0.254 e. The van der Waals surface area contributed by atoms with Crippen molar-refractivity contribution in [1.29, 1.82) is 0 Å². The van der Waals surface area contributed by atoms with Gasteiger partial charge in [-0.15, -0.1) is 0 Å². The Labute approximate surface area is 180 Å². The van der Waals surface area contributed by atoms with Crippen LogP contribution in [0.3, 0.4) is 0 Å². The van der Waals surface area contributed by atoms with Crippen molar-refractivity contribution in [3.63, 3.8) is 0 Å². The van der Waals surface area contributed by atoms with Gasteiger partial charge < -0.3 is 10.1 Å². The highest BCUT2D eigenvalue weighted by atomic mass is 79.9. The Morgan fingerprint density at radius 2 is 1.97 bits per heavy atom. The van der Waals surface area contributed by atoms with Crippen molar-refractivity contribution in [2.75, 3.05) is 0 Å². The second kappa shape index (κ2) is 8.87. The summed E-state index contributed by atoms with van der Waals surface area (Å²) in [5.41, 5.74) is 1.93. The average molecular weight is 467 g/mol. The van der Waals surface area contributed by atoms with Crippen molar-refractivity contribution in [3.05, 3.63) is 101 Å². The van der Waals surface area contributed by atoms with Crippen molar-refractivity contribution in [2.24, 2.45) is 0 Å². The Hall–Kier alpha value is -3.52. The maximum absolute atomic E-state index is 13.4. The summed E-state index contributed by atoms with van der Waals surface area (Å²) in [6.45, 7) is 0.195. The van der Waals surface area contributed by atoms with Crippen LogP contribution in [0.5, 0.6) is 11.6 Å². The van der Waals surface area contributed by atoms with E-state index in [4.69, 9.17) is 4.74 Å². The number of nitrogens with one attached hydrogen (secondary N) is 1. The third-order valence-electron chi connectivity index (χ3n) is 4.24. The summed E-state index contributed by atoms with van der Waals surface area (Å²) in [5.74, 6) is -0.0500. The van der Waals surface area contributed by atoms with E-state index in [1.807, 2.05) is 24.3 Å². The zero-order valence-electron chi connectivity index (χ0n) is 15.6. The van der Waals surface area contributed by atoms with E-state index < -0.39 is 5.82 Å². The van der Waals surface area contributed by atoms with Crippen LogP contribution in [0, 0.1) is 5.82 Å². The largest absolute Gasteiger partial charge is 0.439 e. The number of pyridine rings is 1. The molecule has 0 bridgehead atoms. The number of benzene rings is 2. The molecule has 4 rings (SSSR count). The first-order valence-corrected chi connectivity index (χ1v) is 9.84. The summed E-state index contributed by atoms with van der Waals surface area (Å²) in [4.78, 5) is 16.7. The highest BCUT2D eigenvalue weighted by Gasteiger charge is 2.12. The summed E-state index contributed by atoms with van der Waals surface area (Å²) in [6, 6.07) is 16.9. The van der Waals surface area contributed by atoms with Gasteiger partial charge in [0.1, 0.15) is 11.6 Å². The molecule has 0 saturated heterocycles. The van der Waals surface area contributed by atoms with E-state index in [9.17, 15) is 9.18 Å². The summed E-state index contributed by atoms with van der Waals surface area (Å²) in [5, 5.41) is 7.07. The van der Waals surface area contributed by atoms with Crippen molar-refractivity contribution < 1.29 is 13.9 Å². The van der Waals surface area contributed by atoms with Gasteiger partial charge in [0.25, 0.3) is 5.91 Å². The first kappa shape index (κ1) is 19.8. The van der Waals surface area contributed by atoms with Crippen LogP contribution in [-0.2, 0) is 6.54 Å². The second-order valence-corrected chi connectivity index (χ2v) is 7.28. The molecule has 0 unspecified atom stereocenters. The molecule has 0 aliphatic rings. The predicted octanol–water partition coefficient (Wildman–Crippen LogP) is 4.89. The lowest BCUT2D eigenvalue weighted by atomic mass is 10.2. The summed E-state index contributed by atoms with van der Waals surface area (Å²) >= 11 is 3.39. The zero-order chi connectivity index (χ0) is 20.9. The van der Waals surface area contributed by atoms with Crippen LogP contribution in [0.2, 0.25) is 0 Å². The fourth-order valence-corrected chi connectivity index (χ4v) is 3.01. The van der Waals surface area contributed by atoms with Crippen LogP contribution in [0.25, 0.3) is 5.69 Å². The number of ether oxygens (including phenoxy) is 1. The van der Waals surface area contributed by atoms with Gasteiger partial charge in [-0.3, -0.25) is 4.79 Å². The summed E-state index contributed by atoms with van der Waals surface area (Å²) in [7, 11) is 0. The maximum Gasteiger partial charge on any atom is 0.254 e. The third-order valence-corrected chi connectivity index (χ3v) is 4.76. The zero-order valence-corrected chi connectivity index (χ0v) is 17.2. The number of aromatic nitrogens is 3. The Morgan fingerprint density at radius 3 is 2.77 bits per heavy atom. The molecule has 0 spiro atoms. The molecule has 2 heterocycles. The highest BCUT2D eigenvalue weighted by Crippen LogP contribution is 2.23. The number of amides is 1. The van der Waals surface area contributed by atoms with Gasteiger partial charge in [-0.25, -0.2) is 14.1 Å². The topological polar surface area (TPSA) is 69.0 Å². The minimum Gasteiger partial charge on any atom is -0.439 e. The molecule has 0 radical (unpaired) electrons. The van der Waals surface area contributed by atoms with Gasteiger partial charge in [-0.05, 0) is 42.5 Å². The number of halogens is 2. The quantitative estimate of drug-likeness (QED) is 0.439. The number of rotatable bonds is 6. The molecule has 0 aliphatic heterocycles. The molecule has 2 aromatic carbocycles. The number of nitrogens with zero attached hydrogens (tertiary/aromatic N) is 3. The van der Waals surface area contributed by atoms with Gasteiger partial charge in [-0.1, -0.05) is 28.1 Å². The molecule has 0 fully saturated rings. The van der Waals surface area contributed by atoms with Crippen LogP contribution in [-0.4, -0.2) is 20.7 Å². The molecule has 8 heteroatoms. The molecule has 4 aromatic rings. The molecule has 1 amide bonds. The average Bonchev–Trinajstić information content (AvgIpc) is 3.24. The lowest BCUT2D eigenvalue weighted by Gasteiger charge is -2.10. The Balaban J connectivity index is 1.44. The molecule has 0 saturated carbocycles.